The van der Waals surface area contributed by atoms with Crippen molar-refractivity contribution in [3.8, 4) is 0 Å². The number of rotatable bonds is 5. The monoisotopic (exact) mass is 374 g/mol. The molecule has 1 unspecified atom stereocenters. The number of nitrogens with zero attached hydrogens (tertiary/aromatic N) is 2. The van der Waals surface area contributed by atoms with Crippen LogP contribution in [0.3, 0.4) is 0 Å². The summed E-state index contributed by atoms with van der Waals surface area (Å²) in [7, 11) is 0. The van der Waals surface area contributed by atoms with Gasteiger partial charge in [0.15, 0.2) is 0 Å². The zero-order chi connectivity index (χ0) is 18.8. The first-order valence-corrected chi connectivity index (χ1v) is 9.35. The molecule has 4 amide bonds. The summed E-state index contributed by atoms with van der Waals surface area (Å²) in [5.41, 5.74) is 2.30. The van der Waals surface area contributed by atoms with Crippen LogP contribution in [0, 0.1) is 12.8 Å². The molecule has 7 nitrogen and oxygen atoms in total. The van der Waals surface area contributed by atoms with Gasteiger partial charge in [0.25, 0.3) is 5.91 Å². The fourth-order valence-corrected chi connectivity index (χ4v) is 3.68. The Morgan fingerprint density at radius 2 is 1.92 bits per heavy atom. The molecule has 2 heterocycles. The predicted molar refractivity (Wildman–Crippen MR) is 101 cm³/mol. The first-order chi connectivity index (χ1) is 12.4. The van der Waals surface area contributed by atoms with E-state index in [1.165, 1.54) is 21.7 Å². The zero-order valence-corrected chi connectivity index (χ0v) is 15.8. The van der Waals surface area contributed by atoms with Crippen LogP contribution in [0.4, 0.5) is 10.5 Å². The lowest BCUT2D eigenvalue weighted by molar-refractivity contribution is -0.132. The van der Waals surface area contributed by atoms with Crippen LogP contribution in [0.1, 0.15) is 19.4 Å². The summed E-state index contributed by atoms with van der Waals surface area (Å²) in [6.45, 7) is 6.03. The van der Waals surface area contributed by atoms with Crippen molar-refractivity contribution >= 4 is 35.5 Å². The highest BCUT2D eigenvalue weighted by Gasteiger charge is 2.45. The lowest BCUT2D eigenvalue weighted by Crippen LogP contribution is -2.60. The van der Waals surface area contributed by atoms with E-state index < -0.39 is 12.1 Å². The molecule has 0 aromatic heterocycles. The van der Waals surface area contributed by atoms with Crippen LogP contribution in [0.5, 0.6) is 0 Å². The third-order valence-electron chi connectivity index (χ3n) is 4.13. The van der Waals surface area contributed by atoms with Crippen molar-refractivity contribution in [3.63, 3.8) is 0 Å². The molecule has 0 radical (unpaired) electrons. The van der Waals surface area contributed by atoms with Crippen molar-refractivity contribution in [3.05, 3.63) is 40.9 Å². The molecule has 1 atom stereocenters. The molecule has 0 saturated carbocycles. The van der Waals surface area contributed by atoms with E-state index in [0.717, 1.165) is 5.56 Å². The van der Waals surface area contributed by atoms with Crippen LogP contribution in [0.15, 0.2) is 35.4 Å². The van der Waals surface area contributed by atoms with E-state index in [4.69, 9.17) is 0 Å². The van der Waals surface area contributed by atoms with Gasteiger partial charge in [-0.25, -0.2) is 9.52 Å². The molecule has 0 spiro atoms. The second-order valence-electron chi connectivity index (χ2n) is 6.84. The van der Waals surface area contributed by atoms with Gasteiger partial charge < -0.3 is 5.32 Å². The number of fused-ring (bicyclic) bond motifs is 1. The summed E-state index contributed by atoms with van der Waals surface area (Å²) in [5.74, 6) is -0.432. The van der Waals surface area contributed by atoms with Gasteiger partial charge in [0, 0.05) is 17.6 Å². The average Bonchev–Trinajstić information content (AvgIpc) is 3.07. The number of aryl methyl sites for hydroxylation is 1. The number of hydrogen-bond acceptors (Lipinski definition) is 5. The Kier molecular flexibility index (Phi) is 5.33. The molecule has 138 valence electrons. The van der Waals surface area contributed by atoms with Gasteiger partial charge in [-0.3, -0.25) is 19.4 Å². The molecule has 2 aliphatic heterocycles. The SMILES string of the molecule is Cc1ccc(NC(=O)CN2C(=O)N(CC(C)C)C(=O)C3NSC=C32)cc1. The molecule has 1 aromatic rings. The molecular formula is C18H22N4O3S. The Bertz CT molecular complexity index is 760. The largest absolute Gasteiger partial charge is 0.331 e. The van der Waals surface area contributed by atoms with E-state index in [9.17, 15) is 14.4 Å². The molecule has 2 aliphatic rings. The Morgan fingerprint density at radius 1 is 1.23 bits per heavy atom. The first-order valence-electron chi connectivity index (χ1n) is 8.47. The quantitative estimate of drug-likeness (QED) is 0.773. The summed E-state index contributed by atoms with van der Waals surface area (Å²) in [6, 6.07) is 6.39. The van der Waals surface area contributed by atoms with Gasteiger partial charge in [-0.1, -0.05) is 43.5 Å². The number of benzene rings is 1. The standard InChI is InChI=1S/C18H22N4O3S/c1-11(2)8-22-17(24)16-14(10-26-20-16)21(18(22)25)9-15(23)19-13-6-4-12(3)5-7-13/h4-7,10-11,16,20H,8-9H2,1-3H3,(H,19,23). The maximum Gasteiger partial charge on any atom is 0.331 e. The minimum atomic E-state index is -0.594. The van der Waals surface area contributed by atoms with Gasteiger partial charge in [-0.05, 0) is 25.0 Å². The fraction of sp³-hybridized carbons (Fsp3) is 0.389. The van der Waals surface area contributed by atoms with Gasteiger partial charge in [0.05, 0.1) is 5.70 Å². The summed E-state index contributed by atoms with van der Waals surface area (Å²) in [4.78, 5) is 40.4. The van der Waals surface area contributed by atoms with E-state index >= 15 is 0 Å². The third-order valence-corrected chi connectivity index (χ3v) is 4.86. The van der Waals surface area contributed by atoms with Crippen LogP contribution < -0.4 is 10.0 Å². The molecule has 1 aromatic carbocycles. The Morgan fingerprint density at radius 3 is 2.58 bits per heavy atom. The Labute approximate surface area is 156 Å². The number of carbonyl (C=O) groups is 3. The number of carbonyl (C=O) groups excluding carboxylic acids is 3. The van der Waals surface area contributed by atoms with Crippen molar-refractivity contribution in [2.45, 2.75) is 26.8 Å². The number of anilines is 1. The van der Waals surface area contributed by atoms with Crippen LogP contribution in [0.25, 0.3) is 0 Å². The van der Waals surface area contributed by atoms with Crippen molar-refractivity contribution in [1.29, 1.82) is 0 Å². The molecule has 3 rings (SSSR count). The average molecular weight is 374 g/mol. The normalized spacial score (nSPS) is 19.7. The predicted octanol–water partition coefficient (Wildman–Crippen LogP) is 2.32. The maximum absolute atomic E-state index is 12.8. The topological polar surface area (TPSA) is 81.8 Å². The van der Waals surface area contributed by atoms with Crippen LogP contribution in [0.2, 0.25) is 0 Å². The molecule has 1 fully saturated rings. The molecule has 8 heteroatoms. The van der Waals surface area contributed by atoms with Gasteiger partial charge in [0.1, 0.15) is 12.6 Å². The highest BCUT2D eigenvalue weighted by atomic mass is 32.2. The highest BCUT2D eigenvalue weighted by Crippen LogP contribution is 2.29. The highest BCUT2D eigenvalue weighted by molar-refractivity contribution is 8.00. The van der Waals surface area contributed by atoms with Crippen molar-refractivity contribution < 1.29 is 14.4 Å². The number of hydrogen-bond donors (Lipinski definition) is 2. The Hall–Kier alpha value is -2.32. The molecule has 0 bridgehead atoms. The van der Waals surface area contributed by atoms with E-state index in [1.54, 1.807) is 5.41 Å². The van der Waals surface area contributed by atoms with E-state index in [1.807, 2.05) is 45.0 Å². The molecule has 2 N–H and O–H groups in total. The number of imide groups is 1. The summed E-state index contributed by atoms with van der Waals surface area (Å²) in [6.07, 6.45) is 0. The van der Waals surface area contributed by atoms with E-state index in [-0.39, 0.29) is 24.3 Å². The number of urea groups is 1. The van der Waals surface area contributed by atoms with Crippen LogP contribution >= 0.6 is 11.9 Å². The minimum absolute atomic E-state index is 0.140. The van der Waals surface area contributed by atoms with E-state index in [2.05, 4.69) is 10.0 Å². The summed E-state index contributed by atoms with van der Waals surface area (Å²) >= 11 is 1.26. The van der Waals surface area contributed by atoms with Crippen molar-refractivity contribution in [1.82, 2.24) is 14.5 Å². The van der Waals surface area contributed by atoms with Crippen LogP contribution in [-0.4, -0.2) is 46.8 Å². The number of amides is 4. The fourth-order valence-electron chi connectivity index (χ4n) is 2.87. The van der Waals surface area contributed by atoms with Gasteiger partial charge in [0.2, 0.25) is 5.91 Å². The summed E-state index contributed by atoms with van der Waals surface area (Å²) in [5, 5.41) is 4.51. The molecule has 1 saturated heterocycles. The second kappa shape index (κ2) is 7.51. The summed E-state index contributed by atoms with van der Waals surface area (Å²) < 4.78 is 3.00. The van der Waals surface area contributed by atoms with Gasteiger partial charge in [-0.2, -0.15) is 0 Å². The smallest absolute Gasteiger partial charge is 0.325 e. The Balaban J connectivity index is 1.75. The maximum atomic E-state index is 12.8. The molecular weight excluding hydrogens is 352 g/mol. The van der Waals surface area contributed by atoms with Crippen molar-refractivity contribution in [2.24, 2.45) is 5.92 Å². The first kappa shape index (κ1) is 18.5. The van der Waals surface area contributed by atoms with Crippen LogP contribution in [-0.2, 0) is 9.59 Å². The van der Waals surface area contributed by atoms with E-state index in [0.29, 0.717) is 17.9 Å². The zero-order valence-electron chi connectivity index (χ0n) is 15.0. The third kappa shape index (κ3) is 3.76. The van der Waals surface area contributed by atoms with Crippen molar-refractivity contribution in [2.75, 3.05) is 18.4 Å². The minimum Gasteiger partial charge on any atom is -0.325 e. The van der Waals surface area contributed by atoms with Gasteiger partial charge >= 0.3 is 6.03 Å². The molecule has 0 aliphatic carbocycles. The number of nitrogens with one attached hydrogen (secondary N) is 2. The lowest BCUT2D eigenvalue weighted by Gasteiger charge is -2.38. The second-order valence-corrected chi connectivity index (χ2v) is 7.54. The van der Waals surface area contributed by atoms with Gasteiger partial charge in [-0.15, -0.1) is 0 Å². The lowest BCUT2D eigenvalue weighted by atomic mass is 10.1. The molecule has 26 heavy (non-hydrogen) atoms.